The van der Waals surface area contributed by atoms with Gasteiger partial charge in [0.05, 0.1) is 5.60 Å². The Bertz CT molecular complexity index is 386. The standard InChI is InChI=1S/C13H20N2O2S/c14-11(10-5-4-8-18-10)12(16)15-9-13(17)6-2-1-3-7-13/h4-5,8,11,17H,1-3,6-7,9,14H2,(H,15,16). The summed E-state index contributed by atoms with van der Waals surface area (Å²) in [6, 6.07) is 3.10. The number of amides is 1. The highest BCUT2D eigenvalue weighted by Gasteiger charge is 2.30. The number of carbonyl (C=O) groups is 1. The van der Waals surface area contributed by atoms with E-state index in [4.69, 9.17) is 5.73 Å². The van der Waals surface area contributed by atoms with Crippen molar-refractivity contribution in [3.05, 3.63) is 22.4 Å². The average Bonchev–Trinajstić information content (AvgIpc) is 2.90. The van der Waals surface area contributed by atoms with Gasteiger partial charge in [0.15, 0.2) is 0 Å². The highest BCUT2D eigenvalue weighted by atomic mass is 32.1. The van der Waals surface area contributed by atoms with Crippen molar-refractivity contribution in [3.8, 4) is 0 Å². The van der Waals surface area contributed by atoms with Crippen LogP contribution >= 0.6 is 11.3 Å². The monoisotopic (exact) mass is 268 g/mol. The summed E-state index contributed by atoms with van der Waals surface area (Å²) in [5, 5.41) is 15.0. The maximum atomic E-state index is 11.9. The number of hydrogen-bond donors (Lipinski definition) is 3. The molecule has 2 rings (SSSR count). The van der Waals surface area contributed by atoms with Crippen molar-refractivity contribution in [1.82, 2.24) is 5.32 Å². The molecule has 18 heavy (non-hydrogen) atoms. The predicted octanol–water partition coefficient (Wildman–Crippen LogP) is 1.56. The number of thiophene rings is 1. The van der Waals surface area contributed by atoms with Crippen LogP contribution in [0, 0.1) is 0 Å². The van der Waals surface area contributed by atoms with Crippen LogP contribution < -0.4 is 11.1 Å². The number of nitrogens with two attached hydrogens (primary N) is 1. The van der Waals surface area contributed by atoms with Crippen molar-refractivity contribution < 1.29 is 9.90 Å². The van der Waals surface area contributed by atoms with E-state index in [1.54, 1.807) is 0 Å². The van der Waals surface area contributed by atoms with E-state index in [9.17, 15) is 9.90 Å². The lowest BCUT2D eigenvalue weighted by Crippen LogP contribution is -2.46. The van der Waals surface area contributed by atoms with Crippen LogP contribution in [-0.4, -0.2) is 23.2 Å². The quantitative estimate of drug-likeness (QED) is 0.775. The molecule has 4 N–H and O–H groups in total. The largest absolute Gasteiger partial charge is 0.388 e. The van der Waals surface area contributed by atoms with E-state index in [1.807, 2.05) is 17.5 Å². The molecule has 1 heterocycles. The molecule has 1 aliphatic rings. The molecule has 0 aliphatic heterocycles. The van der Waals surface area contributed by atoms with Crippen LogP contribution in [0.3, 0.4) is 0 Å². The first-order chi connectivity index (χ1) is 8.61. The normalized spacial score (nSPS) is 20.3. The lowest BCUT2D eigenvalue weighted by atomic mass is 9.85. The molecule has 5 heteroatoms. The smallest absolute Gasteiger partial charge is 0.242 e. The van der Waals surface area contributed by atoms with Crippen LogP contribution in [0.5, 0.6) is 0 Å². The highest BCUT2D eigenvalue weighted by molar-refractivity contribution is 7.10. The zero-order valence-corrected chi connectivity index (χ0v) is 11.2. The third kappa shape index (κ3) is 3.31. The van der Waals surface area contributed by atoms with Crippen LogP contribution in [-0.2, 0) is 4.79 Å². The summed E-state index contributed by atoms with van der Waals surface area (Å²) >= 11 is 1.47. The summed E-state index contributed by atoms with van der Waals surface area (Å²) < 4.78 is 0. The second-order valence-electron chi connectivity index (χ2n) is 5.00. The zero-order chi connectivity index (χ0) is 13.0. The van der Waals surface area contributed by atoms with E-state index in [0.717, 1.165) is 30.6 Å². The topological polar surface area (TPSA) is 75.4 Å². The fourth-order valence-electron chi connectivity index (χ4n) is 2.35. The molecule has 0 saturated heterocycles. The first kappa shape index (κ1) is 13.5. The molecule has 1 atom stereocenters. The molecule has 1 aromatic rings. The van der Waals surface area contributed by atoms with Crippen LogP contribution in [0.1, 0.15) is 43.0 Å². The molecule has 4 nitrogen and oxygen atoms in total. The molecular formula is C13H20N2O2S. The molecule has 0 aromatic carbocycles. The number of hydrogen-bond acceptors (Lipinski definition) is 4. The van der Waals surface area contributed by atoms with Gasteiger partial charge in [0, 0.05) is 11.4 Å². The van der Waals surface area contributed by atoms with Crippen molar-refractivity contribution in [2.24, 2.45) is 5.73 Å². The summed E-state index contributed by atoms with van der Waals surface area (Å²) in [5.41, 5.74) is 5.13. The van der Waals surface area contributed by atoms with E-state index in [1.165, 1.54) is 17.8 Å². The van der Waals surface area contributed by atoms with Gasteiger partial charge in [-0.15, -0.1) is 11.3 Å². The first-order valence-corrected chi connectivity index (χ1v) is 7.28. The molecule has 1 fully saturated rings. The molecule has 0 bridgehead atoms. The van der Waals surface area contributed by atoms with E-state index in [-0.39, 0.29) is 5.91 Å². The van der Waals surface area contributed by atoms with Crippen molar-refractivity contribution in [2.75, 3.05) is 6.54 Å². The van der Waals surface area contributed by atoms with Crippen LogP contribution in [0.25, 0.3) is 0 Å². The van der Waals surface area contributed by atoms with Gasteiger partial charge in [-0.3, -0.25) is 4.79 Å². The van der Waals surface area contributed by atoms with Crippen molar-refractivity contribution >= 4 is 17.2 Å². The maximum Gasteiger partial charge on any atom is 0.242 e. The van der Waals surface area contributed by atoms with Gasteiger partial charge in [-0.2, -0.15) is 0 Å². The molecule has 1 saturated carbocycles. The van der Waals surface area contributed by atoms with E-state index >= 15 is 0 Å². The molecule has 1 amide bonds. The molecule has 1 aromatic heterocycles. The number of aliphatic hydroxyl groups is 1. The maximum absolute atomic E-state index is 11.9. The third-order valence-corrected chi connectivity index (χ3v) is 4.46. The van der Waals surface area contributed by atoms with Gasteiger partial charge < -0.3 is 16.2 Å². The van der Waals surface area contributed by atoms with Crippen LogP contribution in [0.4, 0.5) is 0 Å². The van der Waals surface area contributed by atoms with Crippen molar-refractivity contribution in [3.63, 3.8) is 0 Å². The Morgan fingerprint density at radius 2 is 2.22 bits per heavy atom. The predicted molar refractivity (Wildman–Crippen MR) is 72.3 cm³/mol. The molecular weight excluding hydrogens is 248 g/mol. The van der Waals surface area contributed by atoms with Crippen molar-refractivity contribution in [1.29, 1.82) is 0 Å². The Hall–Kier alpha value is -0.910. The summed E-state index contributed by atoms with van der Waals surface area (Å²) in [6.45, 7) is 0.310. The lowest BCUT2D eigenvalue weighted by Gasteiger charge is -2.32. The SMILES string of the molecule is NC(C(=O)NCC1(O)CCCCC1)c1cccs1. The molecule has 1 aliphatic carbocycles. The Morgan fingerprint density at radius 1 is 1.50 bits per heavy atom. The van der Waals surface area contributed by atoms with Gasteiger partial charge in [-0.1, -0.05) is 25.3 Å². The number of carbonyl (C=O) groups excluding carboxylic acids is 1. The summed E-state index contributed by atoms with van der Waals surface area (Å²) in [4.78, 5) is 12.7. The summed E-state index contributed by atoms with van der Waals surface area (Å²) in [5.74, 6) is -0.212. The van der Waals surface area contributed by atoms with E-state index < -0.39 is 11.6 Å². The Morgan fingerprint density at radius 3 is 2.83 bits per heavy atom. The Labute approximate surface area is 111 Å². The number of nitrogens with one attached hydrogen (secondary N) is 1. The van der Waals surface area contributed by atoms with Crippen molar-refractivity contribution in [2.45, 2.75) is 43.7 Å². The fourth-order valence-corrected chi connectivity index (χ4v) is 3.07. The molecule has 100 valence electrons. The van der Waals surface area contributed by atoms with Gasteiger partial charge in [-0.25, -0.2) is 0 Å². The van der Waals surface area contributed by atoms with Crippen LogP contribution in [0.15, 0.2) is 17.5 Å². The van der Waals surface area contributed by atoms with Gasteiger partial charge in [-0.05, 0) is 24.3 Å². The molecule has 0 spiro atoms. The first-order valence-electron chi connectivity index (χ1n) is 6.40. The highest BCUT2D eigenvalue weighted by Crippen LogP contribution is 2.27. The minimum atomic E-state index is -0.733. The van der Waals surface area contributed by atoms with Gasteiger partial charge in [0.1, 0.15) is 6.04 Å². The second-order valence-corrected chi connectivity index (χ2v) is 5.98. The lowest BCUT2D eigenvalue weighted by molar-refractivity contribution is -0.124. The summed E-state index contributed by atoms with van der Waals surface area (Å²) in [6.07, 6.45) is 4.76. The summed E-state index contributed by atoms with van der Waals surface area (Å²) in [7, 11) is 0. The average molecular weight is 268 g/mol. The Kier molecular flexibility index (Phi) is 4.37. The molecule has 1 unspecified atom stereocenters. The number of rotatable bonds is 4. The van der Waals surface area contributed by atoms with Gasteiger partial charge >= 0.3 is 0 Å². The minimum Gasteiger partial charge on any atom is -0.388 e. The van der Waals surface area contributed by atoms with Gasteiger partial charge in [0.2, 0.25) is 5.91 Å². The van der Waals surface area contributed by atoms with E-state index in [2.05, 4.69) is 5.32 Å². The minimum absolute atomic E-state index is 0.212. The Balaban J connectivity index is 1.84. The van der Waals surface area contributed by atoms with Gasteiger partial charge in [0.25, 0.3) is 0 Å². The third-order valence-electron chi connectivity index (χ3n) is 3.51. The van der Waals surface area contributed by atoms with Crippen LogP contribution in [0.2, 0.25) is 0 Å². The fraction of sp³-hybridized carbons (Fsp3) is 0.615. The zero-order valence-electron chi connectivity index (χ0n) is 10.4. The second kappa shape index (κ2) is 5.82. The van der Waals surface area contributed by atoms with E-state index in [0.29, 0.717) is 6.54 Å². The molecule has 0 radical (unpaired) electrons.